The number of hydrogen-bond acceptors (Lipinski definition) is 4. The molecule has 0 aromatic heterocycles. The van der Waals surface area contributed by atoms with E-state index >= 15 is 0 Å². The summed E-state index contributed by atoms with van der Waals surface area (Å²) in [6.07, 6.45) is -0.106. The molecule has 0 aliphatic heterocycles. The fourth-order valence-corrected chi connectivity index (χ4v) is 3.40. The van der Waals surface area contributed by atoms with E-state index in [1.165, 1.54) is 18.2 Å². The van der Waals surface area contributed by atoms with Crippen LogP contribution in [0, 0.1) is 0 Å². The third kappa shape index (κ3) is 5.76. The molecule has 0 bridgehead atoms. The number of esters is 1. The average molecular weight is 382 g/mol. The summed E-state index contributed by atoms with van der Waals surface area (Å²) in [5, 5.41) is 0.310. The number of benzene rings is 2. The zero-order valence-corrected chi connectivity index (χ0v) is 15.8. The first-order valence-corrected chi connectivity index (χ1v) is 9.51. The Bertz CT molecular complexity index is 858. The zero-order chi connectivity index (χ0) is 18.7. The van der Waals surface area contributed by atoms with Gasteiger partial charge in [0.05, 0.1) is 11.3 Å². The molecule has 134 valence electrons. The number of sulfonamides is 1. The Balaban J connectivity index is 2.24. The van der Waals surface area contributed by atoms with Gasteiger partial charge in [0, 0.05) is 10.7 Å². The summed E-state index contributed by atoms with van der Waals surface area (Å²) in [6, 6.07) is 12.8. The number of hydrogen-bond donors (Lipinski definition) is 1. The quantitative estimate of drug-likeness (QED) is 0.794. The van der Waals surface area contributed by atoms with Crippen molar-refractivity contribution in [2.24, 2.45) is 0 Å². The van der Waals surface area contributed by atoms with Crippen molar-refractivity contribution >= 4 is 33.3 Å². The first kappa shape index (κ1) is 19.3. The number of nitrogens with one attached hydrogen (secondary N) is 1. The van der Waals surface area contributed by atoms with Gasteiger partial charge >= 0.3 is 5.97 Å². The van der Waals surface area contributed by atoms with E-state index in [1.807, 2.05) is 0 Å². The summed E-state index contributed by atoms with van der Waals surface area (Å²) in [7, 11) is -3.78. The molecular weight excluding hydrogens is 362 g/mol. The van der Waals surface area contributed by atoms with E-state index in [0.29, 0.717) is 16.3 Å². The summed E-state index contributed by atoms with van der Waals surface area (Å²) in [5.41, 5.74) is 0.222. The zero-order valence-electron chi connectivity index (χ0n) is 14.2. The van der Waals surface area contributed by atoms with E-state index in [1.54, 1.807) is 51.1 Å². The molecule has 0 fully saturated rings. The second-order valence-electron chi connectivity index (χ2n) is 6.49. The molecule has 7 heteroatoms. The van der Waals surface area contributed by atoms with Gasteiger partial charge in [-0.3, -0.25) is 9.52 Å². The van der Waals surface area contributed by atoms with Crippen LogP contribution in [0.5, 0.6) is 0 Å². The van der Waals surface area contributed by atoms with Gasteiger partial charge in [-0.25, -0.2) is 8.42 Å². The van der Waals surface area contributed by atoms with E-state index in [0.717, 1.165) is 0 Å². The monoisotopic (exact) mass is 381 g/mol. The number of para-hydroxylation sites is 1. The molecule has 0 radical (unpaired) electrons. The van der Waals surface area contributed by atoms with Crippen LogP contribution in [-0.4, -0.2) is 20.0 Å². The Morgan fingerprint density at radius 1 is 1.12 bits per heavy atom. The van der Waals surface area contributed by atoms with Gasteiger partial charge in [-0.15, -0.1) is 0 Å². The molecule has 2 aromatic rings. The third-order valence-electron chi connectivity index (χ3n) is 3.11. The van der Waals surface area contributed by atoms with Crippen molar-refractivity contribution < 1.29 is 17.9 Å². The molecule has 5 nitrogen and oxygen atoms in total. The van der Waals surface area contributed by atoms with Gasteiger partial charge in [0.25, 0.3) is 10.0 Å². The Hall–Kier alpha value is -2.05. The van der Waals surface area contributed by atoms with Crippen LogP contribution < -0.4 is 4.72 Å². The van der Waals surface area contributed by atoms with Crippen LogP contribution in [0.3, 0.4) is 0 Å². The first-order chi connectivity index (χ1) is 11.6. The van der Waals surface area contributed by atoms with Gasteiger partial charge < -0.3 is 4.74 Å². The molecule has 0 amide bonds. The van der Waals surface area contributed by atoms with Gasteiger partial charge in [0.2, 0.25) is 0 Å². The molecule has 2 aromatic carbocycles. The Kier molecular flexibility index (Phi) is 5.75. The Labute approximate surface area is 153 Å². The molecule has 0 aliphatic rings. The first-order valence-electron chi connectivity index (χ1n) is 7.65. The summed E-state index contributed by atoms with van der Waals surface area (Å²) in [4.78, 5) is 12.0. The maximum absolute atomic E-state index is 12.5. The third-order valence-corrected chi connectivity index (χ3v) is 4.86. The predicted molar refractivity (Wildman–Crippen MR) is 98.3 cm³/mol. The van der Waals surface area contributed by atoms with Crippen LogP contribution in [0.2, 0.25) is 5.02 Å². The number of anilines is 1. The smallest absolute Gasteiger partial charge is 0.310 e. The normalized spacial score (nSPS) is 11.8. The van der Waals surface area contributed by atoms with Crippen molar-refractivity contribution in [1.82, 2.24) is 0 Å². The molecule has 0 heterocycles. The number of ether oxygens (including phenoxy) is 1. The molecule has 0 saturated carbocycles. The molecule has 2 rings (SSSR count). The van der Waals surface area contributed by atoms with E-state index in [4.69, 9.17) is 16.3 Å². The van der Waals surface area contributed by atoms with Crippen LogP contribution in [0.15, 0.2) is 53.4 Å². The van der Waals surface area contributed by atoms with Crippen molar-refractivity contribution in [3.8, 4) is 0 Å². The fourth-order valence-electron chi connectivity index (χ4n) is 2.11. The molecule has 0 saturated heterocycles. The molecule has 0 aliphatic carbocycles. The van der Waals surface area contributed by atoms with Crippen LogP contribution in [-0.2, 0) is 26.0 Å². The molecule has 0 spiro atoms. The maximum Gasteiger partial charge on any atom is 0.310 e. The predicted octanol–water partition coefficient (Wildman–Crippen LogP) is 4.03. The minimum atomic E-state index is -3.78. The summed E-state index contributed by atoms with van der Waals surface area (Å²) in [6.45, 7) is 5.28. The van der Waals surface area contributed by atoms with Crippen LogP contribution in [0.25, 0.3) is 0 Å². The molecule has 0 unspecified atom stereocenters. The largest absolute Gasteiger partial charge is 0.460 e. The number of carbonyl (C=O) groups is 1. The van der Waals surface area contributed by atoms with E-state index in [2.05, 4.69) is 4.72 Å². The number of halogens is 1. The minimum absolute atomic E-state index is 0.0271. The highest BCUT2D eigenvalue weighted by Gasteiger charge is 2.20. The summed E-state index contributed by atoms with van der Waals surface area (Å²) >= 11 is 6.10. The lowest BCUT2D eigenvalue weighted by Crippen LogP contribution is -2.25. The van der Waals surface area contributed by atoms with Crippen molar-refractivity contribution in [2.75, 3.05) is 4.72 Å². The van der Waals surface area contributed by atoms with Crippen LogP contribution >= 0.6 is 11.6 Å². The number of rotatable bonds is 5. The lowest BCUT2D eigenvalue weighted by atomic mass is 10.1. The molecule has 0 atom stereocenters. The Morgan fingerprint density at radius 2 is 1.76 bits per heavy atom. The summed E-state index contributed by atoms with van der Waals surface area (Å²) in [5.74, 6) is -0.472. The minimum Gasteiger partial charge on any atom is -0.460 e. The van der Waals surface area contributed by atoms with Crippen LogP contribution in [0.1, 0.15) is 26.3 Å². The number of carbonyl (C=O) groups excluding carboxylic acids is 1. The van der Waals surface area contributed by atoms with E-state index in [9.17, 15) is 13.2 Å². The highest BCUT2D eigenvalue weighted by Crippen LogP contribution is 2.23. The van der Waals surface area contributed by atoms with Crippen molar-refractivity contribution in [3.63, 3.8) is 0 Å². The lowest BCUT2D eigenvalue weighted by Gasteiger charge is -2.19. The lowest BCUT2D eigenvalue weighted by molar-refractivity contribution is -0.153. The molecule has 25 heavy (non-hydrogen) atoms. The molecular formula is C18H20ClNO4S. The Morgan fingerprint density at radius 3 is 2.36 bits per heavy atom. The van der Waals surface area contributed by atoms with Gasteiger partial charge in [0.1, 0.15) is 5.60 Å². The van der Waals surface area contributed by atoms with E-state index < -0.39 is 21.6 Å². The highest BCUT2D eigenvalue weighted by atomic mass is 35.5. The standard InChI is InChI=1S/C18H20ClNO4S/c1-18(2,3)24-17(21)12-13-11-15(9-10-16(13)19)25(22,23)20-14-7-5-4-6-8-14/h4-11,20H,12H2,1-3H3. The second-order valence-corrected chi connectivity index (χ2v) is 8.58. The average Bonchev–Trinajstić information content (AvgIpc) is 2.48. The topological polar surface area (TPSA) is 72.5 Å². The van der Waals surface area contributed by atoms with Gasteiger partial charge in [-0.05, 0) is 56.7 Å². The maximum atomic E-state index is 12.5. The van der Waals surface area contributed by atoms with Gasteiger partial charge in [-0.1, -0.05) is 29.8 Å². The van der Waals surface area contributed by atoms with Crippen molar-refractivity contribution in [3.05, 3.63) is 59.1 Å². The van der Waals surface area contributed by atoms with Crippen molar-refractivity contribution in [1.29, 1.82) is 0 Å². The fraction of sp³-hybridized carbons (Fsp3) is 0.278. The second kappa shape index (κ2) is 7.45. The van der Waals surface area contributed by atoms with E-state index in [-0.39, 0.29) is 11.3 Å². The van der Waals surface area contributed by atoms with Gasteiger partial charge in [-0.2, -0.15) is 0 Å². The summed E-state index contributed by atoms with van der Waals surface area (Å²) < 4.78 is 32.8. The van der Waals surface area contributed by atoms with Gasteiger partial charge in [0.15, 0.2) is 0 Å². The van der Waals surface area contributed by atoms with Crippen molar-refractivity contribution in [2.45, 2.75) is 37.7 Å². The van der Waals surface area contributed by atoms with Crippen LogP contribution in [0.4, 0.5) is 5.69 Å². The SMILES string of the molecule is CC(C)(C)OC(=O)Cc1cc(S(=O)(=O)Nc2ccccc2)ccc1Cl. The highest BCUT2D eigenvalue weighted by molar-refractivity contribution is 7.92. The molecule has 1 N–H and O–H groups in total.